The van der Waals surface area contributed by atoms with Crippen molar-refractivity contribution in [3.8, 4) is 0 Å². The lowest BCUT2D eigenvalue weighted by atomic mass is 10.2. The van der Waals surface area contributed by atoms with Crippen molar-refractivity contribution in [1.29, 1.82) is 0 Å². The topological polar surface area (TPSA) is 66.5 Å². The molecule has 0 radical (unpaired) electrons. The van der Waals surface area contributed by atoms with Gasteiger partial charge < -0.3 is 5.32 Å². The molecular formula is C10H14BrClN2O3S2. The molecule has 0 aliphatic carbocycles. The van der Waals surface area contributed by atoms with Gasteiger partial charge in [0.1, 0.15) is 4.21 Å². The number of hydrogen-bond acceptors (Lipinski definition) is 4. The minimum Gasteiger partial charge on any atom is -0.359 e. The number of nitrogens with one attached hydrogen (secondary N) is 1. The van der Waals surface area contributed by atoms with Crippen LogP contribution in [0, 0.1) is 5.92 Å². The molecule has 5 nitrogen and oxygen atoms in total. The van der Waals surface area contributed by atoms with Crippen LogP contribution in [0.5, 0.6) is 0 Å². The molecule has 1 amide bonds. The van der Waals surface area contributed by atoms with Gasteiger partial charge in [-0.25, -0.2) is 8.42 Å². The quantitative estimate of drug-likeness (QED) is 0.839. The van der Waals surface area contributed by atoms with Crippen molar-refractivity contribution >= 4 is 54.8 Å². The molecule has 0 fully saturated rings. The predicted molar refractivity (Wildman–Crippen MR) is 80.1 cm³/mol. The van der Waals surface area contributed by atoms with Crippen LogP contribution in [0.3, 0.4) is 0 Å². The van der Waals surface area contributed by atoms with Crippen molar-refractivity contribution in [2.75, 3.05) is 20.6 Å². The molecule has 1 aromatic heterocycles. The first kappa shape index (κ1) is 16.9. The molecule has 1 unspecified atom stereocenters. The summed E-state index contributed by atoms with van der Waals surface area (Å²) in [5.74, 6) is -0.629. The molecule has 108 valence electrons. The van der Waals surface area contributed by atoms with Gasteiger partial charge in [-0.3, -0.25) is 4.79 Å². The van der Waals surface area contributed by atoms with Crippen molar-refractivity contribution in [2.45, 2.75) is 11.1 Å². The number of amides is 1. The summed E-state index contributed by atoms with van der Waals surface area (Å²) in [5, 5.41) is 2.85. The van der Waals surface area contributed by atoms with Gasteiger partial charge in [-0.1, -0.05) is 18.5 Å². The smallest absolute Gasteiger partial charge is 0.252 e. The molecule has 1 heterocycles. The summed E-state index contributed by atoms with van der Waals surface area (Å²) in [6.45, 7) is 1.78. The Morgan fingerprint density at radius 3 is 2.63 bits per heavy atom. The molecule has 1 N–H and O–H groups in total. The van der Waals surface area contributed by atoms with Crippen LogP contribution in [0.15, 0.2) is 14.1 Å². The fraction of sp³-hybridized carbons (Fsp3) is 0.500. The third-order valence-corrected chi connectivity index (χ3v) is 7.26. The van der Waals surface area contributed by atoms with E-state index < -0.39 is 15.9 Å². The zero-order valence-electron chi connectivity index (χ0n) is 10.6. The van der Waals surface area contributed by atoms with E-state index in [0.717, 1.165) is 15.6 Å². The molecule has 1 rings (SSSR count). The molecule has 0 saturated carbocycles. The van der Waals surface area contributed by atoms with E-state index in [1.54, 1.807) is 6.92 Å². The lowest BCUT2D eigenvalue weighted by molar-refractivity contribution is -0.124. The van der Waals surface area contributed by atoms with Crippen molar-refractivity contribution in [2.24, 2.45) is 5.92 Å². The number of rotatable bonds is 5. The predicted octanol–water partition coefficient (Wildman–Crippen LogP) is 2.17. The van der Waals surface area contributed by atoms with Crippen LogP contribution in [0.1, 0.15) is 6.92 Å². The van der Waals surface area contributed by atoms with E-state index in [-0.39, 0.29) is 16.7 Å². The summed E-state index contributed by atoms with van der Waals surface area (Å²) in [5.41, 5.74) is 0. The van der Waals surface area contributed by atoms with E-state index in [0.29, 0.717) is 8.81 Å². The normalized spacial score (nSPS) is 13.6. The number of nitrogens with zero attached hydrogens (tertiary/aromatic N) is 1. The van der Waals surface area contributed by atoms with E-state index in [9.17, 15) is 13.2 Å². The third-order valence-electron chi connectivity index (χ3n) is 2.51. The van der Waals surface area contributed by atoms with Gasteiger partial charge in [-0.15, -0.1) is 11.3 Å². The molecule has 0 spiro atoms. The average Bonchev–Trinajstić information content (AvgIpc) is 2.69. The first-order chi connectivity index (χ1) is 8.70. The highest BCUT2D eigenvalue weighted by molar-refractivity contribution is 9.11. The van der Waals surface area contributed by atoms with E-state index in [4.69, 9.17) is 11.6 Å². The summed E-state index contributed by atoms with van der Waals surface area (Å²) < 4.78 is 26.4. The number of sulfonamides is 1. The van der Waals surface area contributed by atoms with Gasteiger partial charge in [-0.05, 0) is 22.0 Å². The van der Waals surface area contributed by atoms with Gasteiger partial charge in [0.15, 0.2) is 0 Å². The fourth-order valence-electron chi connectivity index (χ4n) is 1.42. The summed E-state index contributed by atoms with van der Waals surface area (Å²) in [7, 11) is -0.662. The second kappa shape index (κ2) is 6.53. The zero-order valence-corrected chi connectivity index (χ0v) is 14.6. The van der Waals surface area contributed by atoms with Gasteiger partial charge in [0, 0.05) is 26.6 Å². The Morgan fingerprint density at radius 1 is 1.63 bits per heavy atom. The zero-order chi connectivity index (χ0) is 14.8. The van der Waals surface area contributed by atoms with Crippen molar-refractivity contribution in [1.82, 2.24) is 9.62 Å². The van der Waals surface area contributed by atoms with E-state index >= 15 is 0 Å². The second-order valence-corrected chi connectivity index (χ2v) is 9.04. The van der Waals surface area contributed by atoms with Crippen LogP contribution in [-0.2, 0) is 14.8 Å². The number of halogens is 2. The maximum absolute atomic E-state index is 12.3. The average molecular weight is 390 g/mol. The first-order valence-corrected chi connectivity index (χ1v) is 8.75. The minimum absolute atomic E-state index is 0.106. The standard InChI is InChI=1S/C10H14BrClN2O3S2/c1-6(10(15)13-2)5-14(3)19(16,17)8-4-7(12)9(11)18-8/h4,6H,5H2,1-3H3,(H,13,15). The molecule has 1 aromatic rings. The summed E-state index contributed by atoms with van der Waals surface area (Å²) in [6, 6.07) is 1.40. The summed E-state index contributed by atoms with van der Waals surface area (Å²) >= 11 is 10.1. The molecule has 9 heteroatoms. The third kappa shape index (κ3) is 3.91. The highest BCUT2D eigenvalue weighted by atomic mass is 79.9. The molecule has 0 aliphatic heterocycles. The number of hydrogen-bond donors (Lipinski definition) is 1. The number of carbonyl (C=O) groups is 1. The molecule has 0 saturated heterocycles. The Bertz CT molecular complexity index is 554. The molecule has 19 heavy (non-hydrogen) atoms. The van der Waals surface area contributed by atoms with Gasteiger partial charge in [0.2, 0.25) is 5.91 Å². The number of carbonyl (C=O) groups excluding carboxylic acids is 1. The molecular weight excluding hydrogens is 376 g/mol. The van der Waals surface area contributed by atoms with Gasteiger partial charge >= 0.3 is 0 Å². The minimum atomic E-state index is -3.62. The Balaban J connectivity index is 2.91. The molecule has 0 aliphatic rings. The van der Waals surface area contributed by atoms with Gasteiger partial charge in [0.05, 0.1) is 8.81 Å². The van der Waals surface area contributed by atoms with E-state index in [2.05, 4.69) is 21.2 Å². The highest BCUT2D eigenvalue weighted by Crippen LogP contribution is 2.35. The molecule has 1 atom stereocenters. The SMILES string of the molecule is CNC(=O)C(C)CN(C)S(=O)(=O)c1cc(Cl)c(Br)s1. The lowest BCUT2D eigenvalue weighted by Crippen LogP contribution is -2.37. The fourth-order valence-corrected chi connectivity index (χ4v) is 5.29. The largest absolute Gasteiger partial charge is 0.359 e. The maximum atomic E-state index is 12.3. The molecule has 0 aromatic carbocycles. The highest BCUT2D eigenvalue weighted by Gasteiger charge is 2.27. The van der Waals surface area contributed by atoms with Crippen molar-refractivity contribution in [3.63, 3.8) is 0 Å². The van der Waals surface area contributed by atoms with Gasteiger partial charge in [-0.2, -0.15) is 4.31 Å². The van der Waals surface area contributed by atoms with Gasteiger partial charge in [0.25, 0.3) is 10.0 Å². The van der Waals surface area contributed by atoms with E-state index in [1.807, 2.05) is 0 Å². The van der Waals surface area contributed by atoms with Crippen LogP contribution in [0.2, 0.25) is 5.02 Å². The Kier molecular flexibility index (Phi) is 5.81. The van der Waals surface area contributed by atoms with Crippen LogP contribution in [0.4, 0.5) is 0 Å². The van der Waals surface area contributed by atoms with Crippen LogP contribution in [-0.4, -0.2) is 39.3 Å². The van der Waals surface area contributed by atoms with Crippen LogP contribution in [0.25, 0.3) is 0 Å². The van der Waals surface area contributed by atoms with Crippen molar-refractivity contribution in [3.05, 3.63) is 14.9 Å². The monoisotopic (exact) mass is 388 g/mol. The van der Waals surface area contributed by atoms with E-state index in [1.165, 1.54) is 20.2 Å². The first-order valence-electron chi connectivity index (χ1n) is 5.33. The Morgan fingerprint density at radius 2 is 2.21 bits per heavy atom. The molecule has 0 bridgehead atoms. The second-order valence-electron chi connectivity index (χ2n) is 3.99. The Hall–Kier alpha value is -0.150. The summed E-state index contributed by atoms with van der Waals surface area (Å²) in [6.07, 6.45) is 0. The number of thiophene rings is 1. The Labute approximate surface area is 130 Å². The van der Waals surface area contributed by atoms with Crippen LogP contribution >= 0.6 is 38.9 Å². The van der Waals surface area contributed by atoms with Crippen LogP contribution < -0.4 is 5.32 Å². The maximum Gasteiger partial charge on any atom is 0.252 e. The van der Waals surface area contributed by atoms with Crippen molar-refractivity contribution < 1.29 is 13.2 Å². The summed E-state index contributed by atoms with van der Waals surface area (Å²) in [4.78, 5) is 11.4. The lowest BCUT2D eigenvalue weighted by Gasteiger charge is -2.19.